The summed E-state index contributed by atoms with van der Waals surface area (Å²) in [6.07, 6.45) is 2.46. The fourth-order valence-corrected chi connectivity index (χ4v) is 4.18. The molecular weight excluding hydrogens is 336 g/mol. The highest BCUT2D eigenvalue weighted by Gasteiger charge is 2.28. The third kappa shape index (κ3) is 3.74. The largest absolute Gasteiger partial charge is 0.369 e. The molecule has 0 radical (unpaired) electrons. The predicted molar refractivity (Wildman–Crippen MR) is 111 cm³/mol. The average molecular weight is 367 g/mol. The number of aromatic nitrogens is 1. The molecule has 1 aromatic carbocycles. The minimum atomic E-state index is -0.0145. The summed E-state index contributed by atoms with van der Waals surface area (Å²) >= 11 is 0. The summed E-state index contributed by atoms with van der Waals surface area (Å²) in [6, 6.07) is 10.9. The van der Waals surface area contributed by atoms with Crippen molar-refractivity contribution in [1.29, 1.82) is 0 Å². The summed E-state index contributed by atoms with van der Waals surface area (Å²) in [7, 11) is 0. The van der Waals surface area contributed by atoms with Crippen LogP contribution in [0.15, 0.2) is 30.3 Å². The minimum Gasteiger partial charge on any atom is -0.369 e. The molecule has 0 unspecified atom stereocenters. The van der Waals surface area contributed by atoms with Crippen molar-refractivity contribution in [2.75, 3.05) is 42.9 Å². The van der Waals surface area contributed by atoms with Gasteiger partial charge >= 0.3 is 0 Å². The first-order valence-electron chi connectivity index (χ1n) is 10.1. The molecule has 5 nitrogen and oxygen atoms in total. The normalized spacial score (nSPS) is 18.0. The maximum atomic E-state index is 12.8. The molecule has 1 aliphatic heterocycles. The van der Waals surface area contributed by atoms with Crippen LogP contribution in [0.2, 0.25) is 0 Å². The highest BCUT2D eigenvalue weighted by atomic mass is 16.1. The molecule has 1 N–H and O–H groups in total. The Balaban J connectivity index is 1.41. The number of carbonyl (C=O) groups is 1. The second-order valence-corrected chi connectivity index (χ2v) is 7.81. The lowest BCUT2D eigenvalue weighted by Crippen LogP contribution is -2.46. The fourth-order valence-electron chi connectivity index (χ4n) is 4.18. The molecule has 2 fully saturated rings. The van der Waals surface area contributed by atoms with Gasteiger partial charge in [-0.05, 0) is 63.6 Å². The van der Waals surface area contributed by atoms with Crippen LogP contribution in [0.3, 0.4) is 0 Å². The van der Waals surface area contributed by atoms with Gasteiger partial charge in [-0.25, -0.2) is 0 Å². The average Bonchev–Trinajstić information content (AvgIpc) is 3.47. The Labute approximate surface area is 162 Å². The molecule has 1 aliphatic carbocycles. The lowest BCUT2D eigenvalue weighted by Gasteiger charge is -2.35. The zero-order valence-corrected chi connectivity index (χ0v) is 16.7. The molecule has 2 aliphatic rings. The van der Waals surface area contributed by atoms with Crippen molar-refractivity contribution >= 4 is 17.3 Å². The topological polar surface area (TPSA) is 40.5 Å². The molecule has 5 heteroatoms. The van der Waals surface area contributed by atoms with Gasteiger partial charge in [0.05, 0.1) is 5.56 Å². The van der Waals surface area contributed by atoms with Gasteiger partial charge in [-0.2, -0.15) is 0 Å². The maximum Gasteiger partial charge on any atom is 0.257 e. The zero-order chi connectivity index (χ0) is 19.0. The van der Waals surface area contributed by atoms with Crippen molar-refractivity contribution < 1.29 is 4.79 Å². The van der Waals surface area contributed by atoms with Crippen molar-refractivity contribution in [1.82, 2.24) is 9.47 Å². The summed E-state index contributed by atoms with van der Waals surface area (Å²) in [6.45, 7) is 11.8. The summed E-state index contributed by atoms with van der Waals surface area (Å²) in [5, 5.41) is 3.07. The van der Waals surface area contributed by atoms with Gasteiger partial charge in [0.15, 0.2) is 0 Å². The number of amides is 1. The van der Waals surface area contributed by atoms with Crippen LogP contribution in [0.1, 0.15) is 47.6 Å². The highest BCUT2D eigenvalue weighted by molar-refractivity contribution is 6.05. The van der Waals surface area contributed by atoms with Crippen LogP contribution in [0, 0.1) is 13.8 Å². The first-order valence-corrected chi connectivity index (χ1v) is 10.1. The van der Waals surface area contributed by atoms with Gasteiger partial charge in [0.1, 0.15) is 0 Å². The summed E-state index contributed by atoms with van der Waals surface area (Å²) in [4.78, 5) is 17.7. The minimum absolute atomic E-state index is 0.0145. The van der Waals surface area contributed by atoms with Gasteiger partial charge in [-0.15, -0.1) is 0 Å². The summed E-state index contributed by atoms with van der Waals surface area (Å²) < 4.78 is 2.31. The van der Waals surface area contributed by atoms with E-state index < -0.39 is 0 Å². The van der Waals surface area contributed by atoms with Crippen LogP contribution in [-0.2, 0) is 0 Å². The van der Waals surface area contributed by atoms with Crippen molar-refractivity contribution in [3.63, 3.8) is 0 Å². The van der Waals surface area contributed by atoms with Crippen molar-refractivity contribution in [2.24, 2.45) is 0 Å². The van der Waals surface area contributed by atoms with E-state index in [4.69, 9.17) is 0 Å². The predicted octanol–water partition coefficient (Wildman–Crippen LogP) is 3.83. The second-order valence-electron chi connectivity index (χ2n) is 7.81. The third-order valence-corrected chi connectivity index (χ3v) is 5.95. The smallest absolute Gasteiger partial charge is 0.257 e. The number of piperazine rings is 1. The molecule has 1 amide bonds. The Hall–Kier alpha value is -2.27. The van der Waals surface area contributed by atoms with Crippen LogP contribution >= 0.6 is 0 Å². The number of aryl methyl sites for hydroxylation is 1. The Morgan fingerprint density at radius 2 is 1.74 bits per heavy atom. The fraction of sp³-hybridized carbons (Fsp3) is 0.500. The van der Waals surface area contributed by atoms with Crippen LogP contribution in [0.5, 0.6) is 0 Å². The Kier molecular flexibility index (Phi) is 4.96. The summed E-state index contributed by atoms with van der Waals surface area (Å²) in [5.74, 6) is -0.0145. The van der Waals surface area contributed by atoms with E-state index in [1.807, 2.05) is 18.2 Å². The number of benzene rings is 1. The molecule has 144 valence electrons. The van der Waals surface area contributed by atoms with Crippen molar-refractivity contribution in [3.8, 4) is 0 Å². The summed E-state index contributed by atoms with van der Waals surface area (Å²) in [5.41, 5.74) is 5.14. The quantitative estimate of drug-likeness (QED) is 0.874. The van der Waals surface area contributed by atoms with E-state index in [0.29, 0.717) is 6.04 Å². The standard InChI is InChI=1S/C22H30N4O/c1-4-24-11-13-25(14-12-24)19-7-5-18(6-8-19)23-22(27)21-15-16(2)26(17(21)3)20-9-10-20/h5-8,15,20H,4,9-14H2,1-3H3,(H,23,27). The number of hydrogen-bond donors (Lipinski definition) is 1. The SMILES string of the molecule is CCN1CCN(c2ccc(NC(=O)c3cc(C)n(C4CC4)c3C)cc2)CC1. The van der Waals surface area contributed by atoms with Crippen LogP contribution in [0.4, 0.5) is 11.4 Å². The number of nitrogens with one attached hydrogen (secondary N) is 1. The van der Waals surface area contributed by atoms with Crippen molar-refractivity contribution in [3.05, 3.63) is 47.3 Å². The molecule has 0 atom stereocenters. The van der Waals surface area contributed by atoms with E-state index in [2.05, 4.69) is 52.6 Å². The second kappa shape index (κ2) is 7.39. The van der Waals surface area contributed by atoms with Gasteiger partial charge in [0.25, 0.3) is 5.91 Å². The lowest BCUT2D eigenvalue weighted by molar-refractivity contribution is 0.102. The molecule has 0 spiro atoms. The molecule has 2 heterocycles. The number of rotatable bonds is 5. The number of carbonyl (C=O) groups excluding carboxylic acids is 1. The monoisotopic (exact) mass is 366 g/mol. The van der Waals surface area contributed by atoms with Crippen molar-refractivity contribution in [2.45, 2.75) is 39.7 Å². The van der Waals surface area contributed by atoms with Gasteiger partial charge in [0.2, 0.25) is 0 Å². The van der Waals surface area contributed by atoms with Gasteiger partial charge in [-0.3, -0.25) is 4.79 Å². The molecule has 1 saturated heterocycles. The first kappa shape index (κ1) is 18.1. The molecule has 1 saturated carbocycles. The first-order chi connectivity index (χ1) is 13.1. The molecule has 1 aromatic heterocycles. The van der Waals surface area contributed by atoms with Gasteiger partial charge < -0.3 is 19.7 Å². The molecule has 0 bridgehead atoms. The van der Waals surface area contributed by atoms with E-state index in [1.165, 1.54) is 24.2 Å². The molecule has 2 aromatic rings. The third-order valence-electron chi connectivity index (χ3n) is 5.95. The van der Waals surface area contributed by atoms with E-state index in [1.54, 1.807) is 0 Å². The molecule has 27 heavy (non-hydrogen) atoms. The van der Waals surface area contributed by atoms with Gasteiger partial charge in [0, 0.05) is 55.0 Å². The Morgan fingerprint density at radius 3 is 2.33 bits per heavy atom. The van der Waals surface area contributed by atoms with E-state index >= 15 is 0 Å². The number of likely N-dealkylation sites (N-methyl/N-ethyl adjacent to an activating group) is 1. The van der Waals surface area contributed by atoms with Gasteiger partial charge in [-0.1, -0.05) is 6.92 Å². The van der Waals surface area contributed by atoms with Crippen LogP contribution < -0.4 is 10.2 Å². The van der Waals surface area contributed by atoms with E-state index in [-0.39, 0.29) is 5.91 Å². The molecule has 4 rings (SSSR count). The van der Waals surface area contributed by atoms with E-state index in [0.717, 1.165) is 49.7 Å². The van der Waals surface area contributed by atoms with Crippen LogP contribution in [-0.4, -0.2) is 48.1 Å². The highest BCUT2D eigenvalue weighted by Crippen LogP contribution is 2.38. The number of hydrogen-bond acceptors (Lipinski definition) is 3. The number of nitrogens with zero attached hydrogens (tertiary/aromatic N) is 3. The number of anilines is 2. The van der Waals surface area contributed by atoms with E-state index in [9.17, 15) is 4.79 Å². The maximum absolute atomic E-state index is 12.8. The lowest BCUT2D eigenvalue weighted by atomic mass is 10.2. The van der Waals surface area contributed by atoms with Crippen LogP contribution in [0.25, 0.3) is 0 Å². The Morgan fingerprint density at radius 1 is 1.07 bits per heavy atom. The molecular formula is C22H30N4O. The Bertz CT molecular complexity index is 812. The zero-order valence-electron chi connectivity index (χ0n) is 16.7.